The lowest BCUT2D eigenvalue weighted by Crippen LogP contribution is -2.25. The number of carbonyl (C=O) groups excluding carboxylic acids is 1. The van der Waals surface area contributed by atoms with Crippen LogP contribution in [0.2, 0.25) is 0 Å². The molecule has 0 spiro atoms. The van der Waals surface area contributed by atoms with Crippen LogP contribution in [-0.2, 0) is 14.8 Å². The summed E-state index contributed by atoms with van der Waals surface area (Å²) in [4.78, 5) is 15.2. The van der Waals surface area contributed by atoms with Gasteiger partial charge in [0.25, 0.3) is 10.0 Å². The van der Waals surface area contributed by atoms with E-state index in [0.29, 0.717) is 12.1 Å². The number of aryl methyl sites for hydroxylation is 1. The van der Waals surface area contributed by atoms with Gasteiger partial charge in [-0.25, -0.2) is 8.42 Å². The summed E-state index contributed by atoms with van der Waals surface area (Å²) in [6, 6.07) is 5.57. The highest BCUT2D eigenvalue weighted by molar-refractivity contribution is 7.95. The Labute approximate surface area is 165 Å². The molecule has 1 aliphatic carbocycles. The Hall–Kier alpha value is -2.80. The average molecular weight is 400 g/mol. The van der Waals surface area contributed by atoms with Crippen LogP contribution in [0.1, 0.15) is 46.0 Å². The predicted molar refractivity (Wildman–Crippen MR) is 113 cm³/mol. The van der Waals surface area contributed by atoms with E-state index in [2.05, 4.69) is 11.6 Å². The molecular formula is C21H25N3O3S. The first-order valence-electron chi connectivity index (χ1n) is 9.00. The Morgan fingerprint density at radius 2 is 1.96 bits per heavy atom. The van der Waals surface area contributed by atoms with Crippen LogP contribution in [0.25, 0.3) is 5.57 Å². The lowest BCUT2D eigenvalue weighted by molar-refractivity contribution is -0.119. The number of aromatic amines is 1. The van der Waals surface area contributed by atoms with Crippen molar-refractivity contribution >= 4 is 27.2 Å². The summed E-state index contributed by atoms with van der Waals surface area (Å²) in [5, 5.41) is 0.939. The molecule has 1 aromatic heterocycles. The number of anilines is 1. The maximum absolute atomic E-state index is 12.3. The molecule has 0 saturated carbocycles. The SMILES string of the molecule is C=CS(=O)(=O)N(C)c1cccc(C2=CCC(C(N)=O)c3[nH]c(C)c(C)c32)c1C. The van der Waals surface area contributed by atoms with E-state index in [4.69, 9.17) is 5.73 Å². The number of sulfonamides is 1. The van der Waals surface area contributed by atoms with Gasteiger partial charge < -0.3 is 10.7 Å². The molecule has 1 unspecified atom stereocenters. The van der Waals surface area contributed by atoms with Gasteiger partial charge in [0, 0.05) is 29.4 Å². The van der Waals surface area contributed by atoms with Crippen LogP contribution in [0.3, 0.4) is 0 Å². The van der Waals surface area contributed by atoms with E-state index in [0.717, 1.165) is 44.6 Å². The lowest BCUT2D eigenvalue weighted by atomic mass is 9.82. The third-order valence-electron chi connectivity index (χ3n) is 5.57. The number of carbonyl (C=O) groups is 1. The molecule has 3 rings (SSSR count). The van der Waals surface area contributed by atoms with Gasteiger partial charge in [-0.05, 0) is 55.5 Å². The number of nitrogens with zero attached hydrogens (tertiary/aromatic N) is 1. The number of primary amides is 1. The van der Waals surface area contributed by atoms with E-state index in [1.807, 2.05) is 39.0 Å². The first-order valence-corrected chi connectivity index (χ1v) is 10.5. The number of hydrogen-bond donors (Lipinski definition) is 2. The van der Waals surface area contributed by atoms with Gasteiger partial charge in [-0.1, -0.05) is 24.8 Å². The summed E-state index contributed by atoms with van der Waals surface area (Å²) in [6.45, 7) is 9.28. The summed E-state index contributed by atoms with van der Waals surface area (Å²) < 4.78 is 25.7. The van der Waals surface area contributed by atoms with Crippen molar-refractivity contribution in [3.8, 4) is 0 Å². The summed E-state index contributed by atoms with van der Waals surface area (Å²) >= 11 is 0. The molecule has 6 nitrogen and oxygen atoms in total. The van der Waals surface area contributed by atoms with Gasteiger partial charge in [-0.3, -0.25) is 9.10 Å². The van der Waals surface area contributed by atoms with E-state index >= 15 is 0 Å². The minimum atomic E-state index is -3.60. The zero-order valence-electron chi connectivity index (χ0n) is 16.5. The molecule has 1 heterocycles. The Bertz CT molecular complexity index is 1110. The number of hydrogen-bond acceptors (Lipinski definition) is 3. The molecule has 28 heavy (non-hydrogen) atoms. The number of rotatable bonds is 5. The van der Waals surface area contributed by atoms with Crippen molar-refractivity contribution in [3.63, 3.8) is 0 Å². The van der Waals surface area contributed by atoms with Crippen LogP contribution in [0, 0.1) is 20.8 Å². The Morgan fingerprint density at radius 1 is 1.29 bits per heavy atom. The van der Waals surface area contributed by atoms with Crippen LogP contribution in [0.15, 0.2) is 36.3 Å². The molecule has 0 aliphatic heterocycles. The van der Waals surface area contributed by atoms with E-state index < -0.39 is 15.9 Å². The van der Waals surface area contributed by atoms with Crippen molar-refractivity contribution in [2.24, 2.45) is 5.73 Å². The molecule has 3 N–H and O–H groups in total. The summed E-state index contributed by atoms with van der Waals surface area (Å²) in [7, 11) is -2.08. The lowest BCUT2D eigenvalue weighted by Gasteiger charge is -2.25. The van der Waals surface area contributed by atoms with E-state index in [1.54, 1.807) is 6.07 Å². The molecule has 7 heteroatoms. The predicted octanol–water partition coefficient (Wildman–Crippen LogP) is 3.25. The molecule has 1 aliphatic rings. The summed E-state index contributed by atoms with van der Waals surface area (Å²) in [5.74, 6) is -0.751. The largest absolute Gasteiger partial charge is 0.369 e. The fourth-order valence-electron chi connectivity index (χ4n) is 3.82. The fraction of sp³-hybridized carbons (Fsp3) is 0.286. The highest BCUT2D eigenvalue weighted by Gasteiger charge is 2.31. The van der Waals surface area contributed by atoms with Crippen molar-refractivity contribution in [3.05, 3.63) is 69.9 Å². The fourth-order valence-corrected chi connectivity index (χ4v) is 4.52. The average Bonchev–Trinajstić information content (AvgIpc) is 2.95. The summed E-state index contributed by atoms with van der Waals surface area (Å²) in [5.41, 5.74) is 12.8. The zero-order valence-corrected chi connectivity index (χ0v) is 17.4. The number of benzene rings is 1. The van der Waals surface area contributed by atoms with Crippen LogP contribution in [0.4, 0.5) is 5.69 Å². The standard InChI is InChI=1S/C21H25N3O3S/c1-6-28(26,27)24(5)18-9-7-8-15(13(18)3)16-10-11-17(21(22)25)20-19(16)12(2)14(4)23-20/h6-10,17,23H,1,11H2,2-5H3,(H2,22,25). The molecule has 148 valence electrons. The number of nitrogens with two attached hydrogens (primary N) is 1. The highest BCUT2D eigenvalue weighted by atomic mass is 32.2. The van der Waals surface area contributed by atoms with Crippen LogP contribution in [0.5, 0.6) is 0 Å². The topological polar surface area (TPSA) is 96.3 Å². The molecule has 2 aromatic rings. The van der Waals surface area contributed by atoms with Gasteiger partial charge in [-0.2, -0.15) is 0 Å². The molecular weight excluding hydrogens is 374 g/mol. The number of H-pyrrole nitrogens is 1. The maximum atomic E-state index is 12.3. The molecule has 0 fully saturated rings. The minimum Gasteiger partial charge on any atom is -0.369 e. The third-order valence-corrected chi connectivity index (χ3v) is 6.96. The Balaban J connectivity index is 2.20. The molecule has 0 bridgehead atoms. The van der Waals surface area contributed by atoms with Gasteiger partial charge in [0.05, 0.1) is 11.6 Å². The quantitative estimate of drug-likeness (QED) is 0.808. The van der Waals surface area contributed by atoms with Crippen molar-refractivity contribution in [1.29, 1.82) is 0 Å². The van der Waals surface area contributed by atoms with Crippen molar-refractivity contribution in [2.75, 3.05) is 11.4 Å². The van der Waals surface area contributed by atoms with Crippen molar-refractivity contribution in [1.82, 2.24) is 4.98 Å². The van der Waals surface area contributed by atoms with Crippen molar-refractivity contribution in [2.45, 2.75) is 33.1 Å². The Morgan fingerprint density at radius 3 is 2.57 bits per heavy atom. The second kappa shape index (κ2) is 6.98. The Kier molecular flexibility index (Phi) is 4.97. The maximum Gasteiger partial charge on any atom is 0.256 e. The van der Waals surface area contributed by atoms with Crippen LogP contribution in [-0.4, -0.2) is 26.4 Å². The normalized spacial score (nSPS) is 16.3. The van der Waals surface area contributed by atoms with E-state index in [9.17, 15) is 13.2 Å². The molecule has 1 aromatic carbocycles. The monoisotopic (exact) mass is 399 g/mol. The van der Waals surface area contributed by atoms with E-state index in [1.165, 1.54) is 11.4 Å². The van der Waals surface area contributed by atoms with Crippen LogP contribution < -0.4 is 10.0 Å². The number of amides is 1. The number of nitrogens with one attached hydrogen (secondary N) is 1. The van der Waals surface area contributed by atoms with Gasteiger partial charge >= 0.3 is 0 Å². The van der Waals surface area contributed by atoms with Crippen molar-refractivity contribution < 1.29 is 13.2 Å². The number of fused-ring (bicyclic) bond motifs is 1. The molecule has 0 radical (unpaired) electrons. The first-order chi connectivity index (χ1) is 13.1. The minimum absolute atomic E-state index is 0.361. The molecule has 1 amide bonds. The highest BCUT2D eigenvalue weighted by Crippen LogP contribution is 2.42. The number of allylic oxidation sites excluding steroid dienone is 1. The number of aromatic nitrogens is 1. The molecule has 0 saturated heterocycles. The van der Waals surface area contributed by atoms with Gasteiger partial charge in [0.15, 0.2) is 0 Å². The van der Waals surface area contributed by atoms with Crippen LogP contribution >= 0.6 is 0 Å². The third kappa shape index (κ3) is 3.05. The van der Waals surface area contributed by atoms with Gasteiger partial charge in [0.2, 0.25) is 5.91 Å². The molecule has 1 atom stereocenters. The first kappa shape index (κ1) is 19.9. The summed E-state index contributed by atoms with van der Waals surface area (Å²) in [6.07, 6.45) is 2.52. The second-order valence-electron chi connectivity index (χ2n) is 7.10. The smallest absolute Gasteiger partial charge is 0.256 e. The second-order valence-corrected chi connectivity index (χ2v) is 9.01. The zero-order chi connectivity index (χ0) is 20.8. The van der Waals surface area contributed by atoms with Gasteiger partial charge in [-0.15, -0.1) is 0 Å². The van der Waals surface area contributed by atoms with Gasteiger partial charge in [0.1, 0.15) is 0 Å². The van der Waals surface area contributed by atoms with E-state index in [-0.39, 0.29) is 5.91 Å².